The summed E-state index contributed by atoms with van der Waals surface area (Å²) in [7, 11) is 0. The molecule has 1 aliphatic carbocycles. The maximum Gasteiger partial charge on any atom is 0.261 e. The molecule has 1 aromatic carbocycles. The van der Waals surface area contributed by atoms with Gasteiger partial charge in [0.05, 0.1) is 11.3 Å². The molecule has 0 spiro atoms. The molecular weight excluding hydrogens is 346 g/mol. The van der Waals surface area contributed by atoms with E-state index in [-0.39, 0.29) is 23.8 Å². The van der Waals surface area contributed by atoms with Gasteiger partial charge in [0.1, 0.15) is 5.03 Å². The van der Waals surface area contributed by atoms with Crippen molar-refractivity contribution in [3.63, 3.8) is 0 Å². The highest BCUT2D eigenvalue weighted by Crippen LogP contribution is 2.42. The second-order valence-electron chi connectivity index (χ2n) is 7.03. The van der Waals surface area contributed by atoms with E-state index in [4.69, 9.17) is 0 Å². The summed E-state index contributed by atoms with van der Waals surface area (Å²) in [5.41, 5.74) is 2.24. The zero-order valence-corrected chi connectivity index (χ0v) is 15.7. The van der Waals surface area contributed by atoms with Crippen LogP contribution < -0.4 is 10.2 Å². The molecule has 0 saturated heterocycles. The van der Waals surface area contributed by atoms with Gasteiger partial charge in [-0.1, -0.05) is 18.2 Å². The number of nitrogens with zero attached hydrogens (tertiary/aromatic N) is 2. The molecule has 0 atom stereocenters. The van der Waals surface area contributed by atoms with Gasteiger partial charge in [0.25, 0.3) is 5.91 Å². The fourth-order valence-electron chi connectivity index (χ4n) is 3.28. The van der Waals surface area contributed by atoms with Gasteiger partial charge in [-0.15, -0.1) is 0 Å². The molecule has 1 fully saturated rings. The molecule has 1 N–H and O–H groups in total. The number of carbonyl (C=O) groups is 2. The second-order valence-corrected chi connectivity index (χ2v) is 8.06. The van der Waals surface area contributed by atoms with Gasteiger partial charge in [0.2, 0.25) is 5.91 Å². The number of nitrogens with one attached hydrogen (secondary N) is 1. The summed E-state index contributed by atoms with van der Waals surface area (Å²) < 4.78 is 0. The van der Waals surface area contributed by atoms with Crippen molar-refractivity contribution >= 4 is 35.0 Å². The molecule has 4 rings (SSSR count). The number of anilines is 2. The first-order valence-electron chi connectivity index (χ1n) is 8.96. The zero-order valence-electron chi connectivity index (χ0n) is 14.9. The van der Waals surface area contributed by atoms with Crippen molar-refractivity contribution in [1.29, 1.82) is 0 Å². The molecule has 1 saturated carbocycles. The van der Waals surface area contributed by atoms with Crippen LogP contribution in [0.2, 0.25) is 0 Å². The predicted octanol–water partition coefficient (Wildman–Crippen LogP) is 4.34. The van der Waals surface area contributed by atoms with Crippen LogP contribution in [0.3, 0.4) is 0 Å². The summed E-state index contributed by atoms with van der Waals surface area (Å²) in [6.45, 7) is 4.00. The Hall–Kier alpha value is -2.34. The van der Waals surface area contributed by atoms with Crippen molar-refractivity contribution < 1.29 is 9.59 Å². The van der Waals surface area contributed by atoms with Crippen LogP contribution in [-0.4, -0.2) is 22.8 Å². The normalized spacial score (nSPS) is 16.6. The standard InChI is InChI=1S/C20H21N3O2S/c1-12(2)23-16-9-8-14(22-18(24)13-5-3-6-13)11-17(16)26-19-15(20(23)25)7-4-10-21-19/h4,7-13H,3,5-6H2,1-2H3,(H,22,24). The molecule has 2 heterocycles. The van der Waals surface area contributed by atoms with Gasteiger partial charge in [-0.2, -0.15) is 0 Å². The van der Waals surface area contributed by atoms with E-state index in [1.807, 2.05) is 38.1 Å². The quantitative estimate of drug-likeness (QED) is 0.876. The van der Waals surface area contributed by atoms with E-state index in [1.54, 1.807) is 17.2 Å². The van der Waals surface area contributed by atoms with Crippen LogP contribution in [0.1, 0.15) is 43.5 Å². The van der Waals surface area contributed by atoms with E-state index in [1.165, 1.54) is 11.8 Å². The molecule has 26 heavy (non-hydrogen) atoms. The average Bonchev–Trinajstić information content (AvgIpc) is 2.67. The lowest BCUT2D eigenvalue weighted by Crippen LogP contribution is -2.37. The van der Waals surface area contributed by atoms with E-state index in [9.17, 15) is 9.59 Å². The number of carbonyl (C=O) groups excluding carboxylic acids is 2. The highest BCUT2D eigenvalue weighted by Gasteiger charge is 2.30. The Morgan fingerprint density at radius 2 is 2.12 bits per heavy atom. The fourth-order valence-corrected chi connectivity index (χ4v) is 4.32. The molecule has 2 aromatic rings. The third-order valence-corrected chi connectivity index (χ3v) is 5.97. The summed E-state index contributed by atoms with van der Waals surface area (Å²) in [4.78, 5) is 32.4. The van der Waals surface area contributed by atoms with Crippen molar-refractivity contribution in [2.24, 2.45) is 5.92 Å². The van der Waals surface area contributed by atoms with Crippen molar-refractivity contribution in [1.82, 2.24) is 4.98 Å². The molecule has 0 unspecified atom stereocenters. The molecule has 6 heteroatoms. The molecule has 0 radical (unpaired) electrons. The summed E-state index contributed by atoms with van der Waals surface area (Å²) in [5, 5.41) is 3.72. The second kappa shape index (κ2) is 6.76. The molecule has 1 aliphatic heterocycles. The minimum atomic E-state index is -0.0411. The van der Waals surface area contributed by atoms with Gasteiger partial charge < -0.3 is 10.2 Å². The Kier molecular flexibility index (Phi) is 4.44. The lowest BCUT2D eigenvalue weighted by atomic mass is 9.85. The van der Waals surface area contributed by atoms with Gasteiger partial charge in [-0.3, -0.25) is 9.59 Å². The van der Waals surface area contributed by atoms with Gasteiger partial charge in [0, 0.05) is 28.7 Å². The third-order valence-electron chi connectivity index (χ3n) is 4.91. The number of fused-ring (bicyclic) bond motifs is 2. The van der Waals surface area contributed by atoms with Gasteiger partial charge in [-0.25, -0.2) is 4.98 Å². The lowest BCUT2D eigenvalue weighted by molar-refractivity contribution is -0.122. The minimum absolute atomic E-state index is 0.0171. The Bertz CT molecular complexity index is 877. The third kappa shape index (κ3) is 2.98. The highest BCUT2D eigenvalue weighted by molar-refractivity contribution is 7.99. The summed E-state index contributed by atoms with van der Waals surface area (Å²) >= 11 is 1.47. The van der Waals surface area contributed by atoms with Crippen molar-refractivity contribution in [3.8, 4) is 0 Å². The Morgan fingerprint density at radius 3 is 2.81 bits per heavy atom. The Labute approximate surface area is 157 Å². The predicted molar refractivity (Wildman–Crippen MR) is 103 cm³/mol. The highest BCUT2D eigenvalue weighted by atomic mass is 32.2. The van der Waals surface area contributed by atoms with Crippen LogP contribution in [0.25, 0.3) is 0 Å². The SMILES string of the molecule is CC(C)N1C(=O)c2cccnc2Sc2cc(NC(=O)C3CCC3)ccc21. The van der Waals surface area contributed by atoms with Gasteiger partial charge in [-0.05, 0) is 57.0 Å². The zero-order chi connectivity index (χ0) is 18.3. The van der Waals surface area contributed by atoms with Crippen LogP contribution in [0.4, 0.5) is 11.4 Å². The van der Waals surface area contributed by atoms with Crippen molar-refractivity contribution in [3.05, 3.63) is 42.1 Å². The number of rotatable bonds is 3. The van der Waals surface area contributed by atoms with Crippen LogP contribution in [0.15, 0.2) is 46.5 Å². The maximum atomic E-state index is 13.0. The first-order chi connectivity index (χ1) is 12.5. The summed E-state index contributed by atoms with van der Waals surface area (Å²) in [5.74, 6) is 0.184. The molecular formula is C20H21N3O2S. The Balaban J connectivity index is 1.73. The topological polar surface area (TPSA) is 62.3 Å². The Morgan fingerprint density at radius 1 is 1.31 bits per heavy atom. The van der Waals surface area contributed by atoms with Crippen molar-refractivity contribution in [2.75, 3.05) is 10.2 Å². The van der Waals surface area contributed by atoms with E-state index in [2.05, 4.69) is 10.3 Å². The van der Waals surface area contributed by atoms with E-state index < -0.39 is 0 Å². The summed E-state index contributed by atoms with van der Waals surface area (Å²) in [6, 6.07) is 9.37. The van der Waals surface area contributed by atoms with Crippen LogP contribution in [0.5, 0.6) is 0 Å². The van der Waals surface area contributed by atoms with E-state index >= 15 is 0 Å². The number of hydrogen-bond donors (Lipinski definition) is 1. The van der Waals surface area contributed by atoms with Gasteiger partial charge >= 0.3 is 0 Å². The van der Waals surface area contributed by atoms with E-state index in [0.717, 1.165) is 35.5 Å². The number of hydrogen-bond acceptors (Lipinski definition) is 4. The largest absolute Gasteiger partial charge is 0.326 e. The number of benzene rings is 1. The molecule has 2 amide bonds. The van der Waals surface area contributed by atoms with E-state index in [0.29, 0.717) is 10.6 Å². The summed E-state index contributed by atoms with van der Waals surface area (Å²) in [6.07, 6.45) is 4.77. The van der Waals surface area contributed by atoms with Crippen LogP contribution in [0, 0.1) is 5.92 Å². The number of aromatic nitrogens is 1. The van der Waals surface area contributed by atoms with Crippen molar-refractivity contribution in [2.45, 2.75) is 49.1 Å². The molecule has 0 bridgehead atoms. The number of amides is 2. The number of pyridine rings is 1. The van der Waals surface area contributed by atoms with Crippen LogP contribution in [-0.2, 0) is 4.79 Å². The first kappa shape index (κ1) is 17.1. The first-order valence-corrected chi connectivity index (χ1v) is 9.77. The lowest BCUT2D eigenvalue weighted by Gasteiger charge is -2.27. The van der Waals surface area contributed by atoms with Crippen LogP contribution >= 0.6 is 11.8 Å². The molecule has 1 aromatic heterocycles. The monoisotopic (exact) mass is 367 g/mol. The average molecular weight is 367 g/mol. The molecule has 134 valence electrons. The minimum Gasteiger partial charge on any atom is -0.326 e. The van der Waals surface area contributed by atoms with Gasteiger partial charge in [0.15, 0.2) is 0 Å². The molecule has 5 nitrogen and oxygen atoms in total. The maximum absolute atomic E-state index is 13.0. The smallest absolute Gasteiger partial charge is 0.261 e. The molecule has 2 aliphatic rings. The fraction of sp³-hybridized carbons (Fsp3) is 0.350.